The fraction of sp³-hybridized carbons (Fsp3) is 0.250. The summed E-state index contributed by atoms with van der Waals surface area (Å²) in [4.78, 5) is 11.8. The molecule has 0 radical (unpaired) electrons. The Morgan fingerprint density at radius 3 is 3.00 bits per heavy atom. The van der Waals surface area contributed by atoms with Crippen LogP contribution in [-0.4, -0.2) is 26.0 Å². The highest BCUT2D eigenvalue weighted by Crippen LogP contribution is 2.15. The number of aliphatic hydroxyl groups is 1. The molecule has 1 heterocycles. The molecule has 1 amide bonds. The van der Waals surface area contributed by atoms with Crippen molar-refractivity contribution in [2.45, 2.75) is 20.1 Å². The number of rotatable bonds is 4. The van der Waals surface area contributed by atoms with E-state index in [9.17, 15) is 9.18 Å². The van der Waals surface area contributed by atoms with Crippen molar-refractivity contribution in [1.82, 2.24) is 15.0 Å². The number of anilines is 1. The zero-order valence-electron chi connectivity index (χ0n) is 10.3. The lowest BCUT2D eigenvalue weighted by Crippen LogP contribution is -2.19. The van der Waals surface area contributed by atoms with Gasteiger partial charge in [-0.3, -0.25) is 4.79 Å². The molecular weight excluding hydrogens is 251 g/mol. The smallest absolute Gasteiger partial charge is 0.246 e. The van der Waals surface area contributed by atoms with E-state index in [1.54, 1.807) is 13.0 Å². The number of halogens is 1. The third kappa shape index (κ3) is 3.35. The van der Waals surface area contributed by atoms with Gasteiger partial charge in [0.15, 0.2) is 0 Å². The Kier molecular flexibility index (Phi) is 3.86. The van der Waals surface area contributed by atoms with E-state index in [1.165, 1.54) is 23.0 Å². The van der Waals surface area contributed by atoms with Crippen molar-refractivity contribution in [2.75, 3.05) is 5.32 Å². The number of amides is 1. The number of carbonyl (C=O) groups is 1. The molecule has 19 heavy (non-hydrogen) atoms. The number of nitrogens with zero attached hydrogens (tertiary/aromatic N) is 3. The Morgan fingerprint density at radius 1 is 1.53 bits per heavy atom. The number of aliphatic hydroxyl groups excluding tert-OH is 1. The molecule has 0 aliphatic heterocycles. The molecule has 0 spiro atoms. The summed E-state index contributed by atoms with van der Waals surface area (Å²) in [6.07, 6.45) is 1.47. The maximum Gasteiger partial charge on any atom is 0.246 e. The Bertz CT molecular complexity index is 597. The van der Waals surface area contributed by atoms with Crippen LogP contribution in [0, 0.1) is 12.7 Å². The molecule has 0 bridgehead atoms. The maximum absolute atomic E-state index is 13.1. The molecule has 0 fully saturated rings. The summed E-state index contributed by atoms with van der Waals surface area (Å²) < 4.78 is 14.4. The molecule has 2 aromatic rings. The fourth-order valence-electron chi connectivity index (χ4n) is 1.55. The van der Waals surface area contributed by atoms with Gasteiger partial charge in [0.05, 0.1) is 12.8 Å². The molecule has 7 heteroatoms. The second-order valence-electron chi connectivity index (χ2n) is 4.07. The average Bonchev–Trinajstić information content (AvgIpc) is 2.81. The number of aryl methyl sites for hydroxylation is 1. The molecule has 0 aliphatic rings. The van der Waals surface area contributed by atoms with Crippen LogP contribution >= 0.6 is 0 Å². The SMILES string of the molecule is Cc1ccc(F)cc1NC(=O)Cn1cc(CO)nn1. The van der Waals surface area contributed by atoms with E-state index in [0.29, 0.717) is 11.4 Å². The van der Waals surface area contributed by atoms with Crippen molar-refractivity contribution in [3.63, 3.8) is 0 Å². The Morgan fingerprint density at radius 2 is 2.32 bits per heavy atom. The number of aromatic nitrogens is 3. The topological polar surface area (TPSA) is 80.0 Å². The van der Waals surface area contributed by atoms with Crippen LogP contribution in [0.5, 0.6) is 0 Å². The Labute approximate surface area is 108 Å². The van der Waals surface area contributed by atoms with Crippen molar-refractivity contribution in [3.05, 3.63) is 41.5 Å². The zero-order chi connectivity index (χ0) is 13.8. The van der Waals surface area contributed by atoms with Crippen LogP contribution in [0.15, 0.2) is 24.4 Å². The maximum atomic E-state index is 13.1. The second kappa shape index (κ2) is 5.57. The molecule has 6 nitrogen and oxygen atoms in total. The van der Waals surface area contributed by atoms with Gasteiger partial charge in [-0.25, -0.2) is 9.07 Å². The van der Waals surface area contributed by atoms with Crippen molar-refractivity contribution >= 4 is 11.6 Å². The van der Waals surface area contributed by atoms with E-state index in [1.807, 2.05) is 0 Å². The number of nitrogens with one attached hydrogen (secondary N) is 1. The summed E-state index contributed by atoms with van der Waals surface area (Å²) in [5.74, 6) is -0.757. The van der Waals surface area contributed by atoms with Crippen LogP contribution in [-0.2, 0) is 17.9 Å². The quantitative estimate of drug-likeness (QED) is 0.858. The summed E-state index contributed by atoms with van der Waals surface area (Å²) in [5, 5.41) is 18.8. The summed E-state index contributed by atoms with van der Waals surface area (Å²) >= 11 is 0. The molecule has 0 unspecified atom stereocenters. The minimum absolute atomic E-state index is 0.0526. The van der Waals surface area contributed by atoms with Gasteiger partial charge in [0, 0.05) is 5.69 Å². The van der Waals surface area contributed by atoms with Crippen LogP contribution in [0.25, 0.3) is 0 Å². The van der Waals surface area contributed by atoms with Gasteiger partial charge >= 0.3 is 0 Å². The average molecular weight is 264 g/mol. The normalized spacial score (nSPS) is 10.5. The summed E-state index contributed by atoms with van der Waals surface area (Å²) in [6.45, 7) is 1.49. The molecule has 100 valence electrons. The standard InChI is InChI=1S/C12H13FN4O2/c1-8-2-3-9(13)4-11(8)14-12(19)6-17-5-10(7-18)15-16-17/h2-5,18H,6-7H2,1H3,(H,14,19). The molecule has 0 aliphatic carbocycles. The van der Waals surface area contributed by atoms with E-state index < -0.39 is 5.82 Å². The highest BCUT2D eigenvalue weighted by Gasteiger charge is 2.08. The van der Waals surface area contributed by atoms with Crippen LogP contribution in [0.4, 0.5) is 10.1 Å². The third-order valence-corrected chi connectivity index (χ3v) is 2.53. The predicted molar refractivity (Wildman–Crippen MR) is 65.7 cm³/mol. The van der Waals surface area contributed by atoms with E-state index in [4.69, 9.17) is 5.11 Å². The number of carbonyl (C=O) groups excluding carboxylic acids is 1. The number of benzene rings is 1. The number of hydrogen-bond acceptors (Lipinski definition) is 4. The van der Waals surface area contributed by atoms with E-state index in [-0.39, 0.29) is 19.1 Å². The third-order valence-electron chi connectivity index (χ3n) is 2.53. The van der Waals surface area contributed by atoms with Crippen LogP contribution in [0.2, 0.25) is 0 Å². The van der Waals surface area contributed by atoms with E-state index in [2.05, 4.69) is 15.6 Å². The van der Waals surface area contributed by atoms with Gasteiger partial charge in [-0.2, -0.15) is 0 Å². The fourth-order valence-corrected chi connectivity index (χ4v) is 1.55. The first-order chi connectivity index (χ1) is 9.08. The van der Waals surface area contributed by atoms with Crippen LogP contribution < -0.4 is 5.32 Å². The van der Waals surface area contributed by atoms with Crippen molar-refractivity contribution in [3.8, 4) is 0 Å². The van der Waals surface area contributed by atoms with Gasteiger partial charge in [0.2, 0.25) is 5.91 Å². The number of hydrogen-bond donors (Lipinski definition) is 2. The molecule has 1 aromatic carbocycles. The lowest BCUT2D eigenvalue weighted by Gasteiger charge is -2.08. The summed E-state index contributed by atoms with van der Waals surface area (Å²) in [6, 6.07) is 4.17. The van der Waals surface area contributed by atoms with Crippen LogP contribution in [0.1, 0.15) is 11.3 Å². The molecule has 0 atom stereocenters. The van der Waals surface area contributed by atoms with E-state index in [0.717, 1.165) is 5.56 Å². The van der Waals surface area contributed by atoms with Crippen molar-refractivity contribution in [2.24, 2.45) is 0 Å². The van der Waals surface area contributed by atoms with Crippen molar-refractivity contribution in [1.29, 1.82) is 0 Å². The van der Waals surface area contributed by atoms with Gasteiger partial charge < -0.3 is 10.4 Å². The summed E-state index contributed by atoms with van der Waals surface area (Å²) in [5.41, 5.74) is 1.58. The summed E-state index contributed by atoms with van der Waals surface area (Å²) in [7, 11) is 0. The monoisotopic (exact) mass is 264 g/mol. The Balaban J connectivity index is 2.03. The predicted octanol–water partition coefficient (Wildman–Crippen LogP) is 0.857. The van der Waals surface area contributed by atoms with Gasteiger partial charge in [-0.15, -0.1) is 5.10 Å². The highest BCUT2D eigenvalue weighted by atomic mass is 19.1. The highest BCUT2D eigenvalue weighted by molar-refractivity contribution is 5.91. The zero-order valence-corrected chi connectivity index (χ0v) is 10.3. The minimum atomic E-state index is -0.413. The molecule has 2 rings (SSSR count). The molecular formula is C12H13FN4O2. The molecule has 1 aromatic heterocycles. The first-order valence-corrected chi connectivity index (χ1v) is 5.64. The largest absolute Gasteiger partial charge is 0.390 e. The van der Waals surface area contributed by atoms with Gasteiger partial charge in [0.25, 0.3) is 0 Å². The minimum Gasteiger partial charge on any atom is -0.390 e. The van der Waals surface area contributed by atoms with Crippen LogP contribution in [0.3, 0.4) is 0 Å². The molecule has 2 N–H and O–H groups in total. The molecule has 0 saturated carbocycles. The van der Waals surface area contributed by atoms with Gasteiger partial charge in [-0.1, -0.05) is 11.3 Å². The second-order valence-corrected chi connectivity index (χ2v) is 4.07. The first kappa shape index (κ1) is 13.2. The Hall–Kier alpha value is -2.28. The van der Waals surface area contributed by atoms with Gasteiger partial charge in [-0.05, 0) is 24.6 Å². The first-order valence-electron chi connectivity index (χ1n) is 5.64. The van der Waals surface area contributed by atoms with E-state index >= 15 is 0 Å². The van der Waals surface area contributed by atoms with Gasteiger partial charge in [0.1, 0.15) is 18.1 Å². The lowest BCUT2D eigenvalue weighted by atomic mass is 10.2. The van der Waals surface area contributed by atoms with Crippen molar-refractivity contribution < 1.29 is 14.3 Å². The lowest BCUT2D eigenvalue weighted by molar-refractivity contribution is -0.116. The molecule has 0 saturated heterocycles.